The van der Waals surface area contributed by atoms with Gasteiger partial charge in [0.25, 0.3) is 0 Å². The average Bonchev–Trinajstić information content (AvgIpc) is 2.02. The van der Waals surface area contributed by atoms with E-state index in [-0.39, 0.29) is 5.78 Å². The van der Waals surface area contributed by atoms with E-state index in [0.29, 0.717) is 35.1 Å². The number of fused-ring (bicyclic) bond motifs is 1. The van der Waals surface area contributed by atoms with Gasteiger partial charge in [-0.15, -0.1) is 0 Å². The number of rotatable bonds is 0. The maximum absolute atomic E-state index is 11.4. The van der Waals surface area contributed by atoms with Crippen LogP contribution in [0, 0.1) is 0 Å². The van der Waals surface area contributed by atoms with Crippen molar-refractivity contribution < 1.29 is 9.53 Å². The molecule has 13 heavy (non-hydrogen) atoms. The van der Waals surface area contributed by atoms with Gasteiger partial charge in [0.05, 0.1) is 17.2 Å². The molecule has 1 heterocycles. The Morgan fingerprint density at radius 1 is 1.46 bits per heavy atom. The summed E-state index contributed by atoms with van der Waals surface area (Å²) in [4.78, 5) is 11.4. The lowest BCUT2D eigenvalue weighted by molar-refractivity contribution is 0.0934. The predicted molar refractivity (Wildman–Crippen MR) is 50.3 cm³/mol. The highest BCUT2D eigenvalue weighted by molar-refractivity contribution is 6.34. The molecule has 0 saturated heterocycles. The van der Waals surface area contributed by atoms with E-state index in [1.54, 1.807) is 12.1 Å². The molecule has 0 atom stereocenters. The Kier molecular flexibility index (Phi) is 1.88. The third kappa shape index (κ3) is 1.35. The summed E-state index contributed by atoms with van der Waals surface area (Å²) in [6.45, 7) is 0.408. The number of ketones is 1. The summed E-state index contributed by atoms with van der Waals surface area (Å²) in [5.74, 6) is 0.521. The number of hydrogen-bond donors (Lipinski definition) is 1. The van der Waals surface area contributed by atoms with Crippen LogP contribution in [0.2, 0.25) is 5.02 Å². The number of carbonyl (C=O) groups is 1. The van der Waals surface area contributed by atoms with Gasteiger partial charge in [0, 0.05) is 18.2 Å². The van der Waals surface area contributed by atoms with Crippen molar-refractivity contribution in [2.45, 2.75) is 6.42 Å². The Hall–Kier alpha value is -1.22. The van der Waals surface area contributed by atoms with Crippen molar-refractivity contribution in [3.05, 3.63) is 22.7 Å². The number of Topliss-reactive ketones (excluding diaryl/α,β-unsaturated/α-hetero) is 1. The SMILES string of the molecule is Nc1cc(Cl)c2c(c1)OCCC2=O. The van der Waals surface area contributed by atoms with Crippen LogP contribution >= 0.6 is 11.6 Å². The van der Waals surface area contributed by atoms with Gasteiger partial charge in [0.1, 0.15) is 5.75 Å². The summed E-state index contributed by atoms with van der Waals surface area (Å²) >= 11 is 5.86. The summed E-state index contributed by atoms with van der Waals surface area (Å²) < 4.78 is 5.27. The Morgan fingerprint density at radius 3 is 3.00 bits per heavy atom. The monoisotopic (exact) mass is 197 g/mol. The highest BCUT2D eigenvalue weighted by Gasteiger charge is 2.21. The Balaban J connectivity index is 2.63. The molecule has 2 rings (SSSR count). The molecule has 1 aromatic rings. The summed E-state index contributed by atoms with van der Waals surface area (Å²) in [5.41, 5.74) is 6.53. The molecule has 0 fully saturated rings. The second kappa shape index (κ2) is 2.92. The van der Waals surface area contributed by atoms with Crippen LogP contribution in [0.3, 0.4) is 0 Å². The van der Waals surface area contributed by atoms with Gasteiger partial charge in [0.15, 0.2) is 5.78 Å². The van der Waals surface area contributed by atoms with Crippen LogP contribution in [0.4, 0.5) is 5.69 Å². The lowest BCUT2D eigenvalue weighted by atomic mass is 10.0. The molecule has 0 radical (unpaired) electrons. The van der Waals surface area contributed by atoms with Crippen molar-refractivity contribution in [2.75, 3.05) is 12.3 Å². The molecule has 1 aliphatic rings. The third-order valence-electron chi connectivity index (χ3n) is 1.94. The molecule has 68 valence electrons. The molecular weight excluding hydrogens is 190 g/mol. The third-order valence-corrected chi connectivity index (χ3v) is 2.24. The Morgan fingerprint density at radius 2 is 2.23 bits per heavy atom. The maximum atomic E-state index is 11.4. The van der Waals surface area contributed by atoms with Crippen LogP contribution in [0.15, 0.2) is 12.1 Å². The maximum Gasteiger partial charge on any atom is 0.171 e. The molecule has 0 spiro atoms. The molecule has 3 nitrogen and oxygen atoms in total. The van der Waals surface area contributed by atoms with Crippen LogP contribution in [-0.2, 0) is 0 Å². The summed E-state index contributed by atoms with van der Waals surface area (Å²) in [6, 6.07) is 3.19. The molecular formula is C9H8ClNO2. The van der Waals surface area contributed by atoms with Crippen LogP contribution in [0.25, 0.3) is 0 Å². The first-order valence-electron chi connectivity index (χ1n) is 3.93. The summed E-state index contributed by atoms with van der Waals surface area (Å²) in [7, 11) is 0. The number of hydrogen-bond acceptors (Lipinski definition) is 3. The van der Waals surface area contributed by atoms with E-state index in [2.05, 4.69) is 0 Å². The van der Waals surface area contributed by atoms with Crippen molar-refractivity contribution in [2.24, 2.45) is 0 Å². The highest BCUT2D eigenvalue weighted by atomic mass is 35.5. The lowest BCUT2D eigenvalue weighted by Crippen LogP contribution is -2.16. The molecule has 0 bridgehead atoms. The number of ether oxygens (including phenoxy) is 1. The average molecular weight is 198 g/mol. The number of benzene rings is 1. The zero-order chi connectivity index (χ0) is 9.42. The van der Waals surface area contributed by atoms with E-state index in [1.165, 1.54) is 0 Å². The van der Waals surface area contributed by atoms with Gasteiger partial charge < -0.3 is 10.5 Å². The molecule has 4 heteroatoms. The largest absolute Gasteiger partial charge is 0.492 e. The predicted octanol–water partition coefficient (Wildman–Crippen LogP) is 1.89. The first kappa shape index (κ1) is 8.38. The van der Waals surface area contributed by atoms with Gasteiger partial charge in [0.2, 0.25) is 0 Å². The van der Waals surface area contributed by atoms with Crippen molar-refractivity contribution in [3.63, 3.8) is 0 Å². The number of nitrogens with two attached hydrogens (primary N) is 1. The molecule has 2 N–H and O–H groups in total. The number of anilines is 1. The van der Waals surface area contributed by atoms with Gasteiger partial charge in [-0.3, -0.25) is 4.79 Å². The number of carbonyl (C=O) groups excluding carboxylic acids is 1. The van der Waals surface area contributed by atoms with E-state index in [0.717, 1.165) is 0 Å². The lowest BCUT2D eigenvalue weighted by Gasteiger charge is -2.17. The van der Waals surface area contributed by atoms with E-state index in [4.69, 9.17) is 22.1 Å². The minimum atomic E-state index is 0.0197. The Bertz CT molecular complexity index is 376. The smallest absolute Gasteiger partial charge is 0.171 e. The van der Waals surface area contributed by atoms with Gasteiger partial charge in [-0.25, -0.2) is 0 Å². The van der Waals surface area contributed by atoms with Gasteiger partial charge >= 0.3 is 0 Å². The van der Waals surface area contributed by atoms with E-state index in [9.17, 15) is 4.79 Å². The number of nitrogen functional groups attached to an aromatic ring is 1. The van der Waals surface area contributed by atoms with Crippen molar-refractivity contribution in [1.82, 2.24) is 0 Å². The Labute approximate surface area is 80.4 Å². The second-order valence-corrected chi connectivity index (χ2v) is 3.30. The van der Waals surface area contributed by atoms with Crippen molar-refractivity contribution in [3.8, 4) is 5.75 Å². The van der Waals surface area contributed by atoms with Crippen LogP contribution in [0.5, 0.6) is 5.75 Å². The summed E-state index contributed by atoms with van der Waals surface area (Å²) in [5, 5.41) is 0.375. The van der Waals surface area contributed by atoms with Gasteiger partial charge in [-0.2, -0.15) is 0 Å². The van der Waals surface area contributed by atoms with Crippen LogP contribution < -0.4 is 10.5 Å². The first-order chi connectivity index (χ1) is 6.18. The minimum Gasteiger partial charge on any atom is -0.492 e. The van der Waals surface area contributed by atoms with Gasteiger partial charge in [-0.1, -0.05) is 11.6 Å². The van der Waals surface area contributed by atoms with Crippen molar-refractivity contribution >= 4 is 23.1 Å². The van der Waals surface area contributed by atoms with Crippen LogP contribution in [0.1, 0.15) is 16.8 Å². The topological polar surface area (TPSA) is 52.3 Å². The quantitative estimate of drug-likeness (QED) is 0.647. The molecule has 0 amide bonds. The van der Waals surface area contributed by atoms with Crippen molar-refractivity contribution in [1.29, 1.82) is 0 Å². The fourth-order valence-corrected chi connectivity index (χ4v) is 1.69. The first-order valence-corrected chi connectivity index (χ1v) is 4.31. The van der Waals surface area contributed by atoms with Gasteiger partial charge in [-0.05, 0) is 6.07 Å². The molecule has 0 saturated carbocycles. The zero-order valence-corrected chi connectivity index (χ0v) is 7.60. The number of halogens is 1. The van der Waals surface area contributed by atoms with E-state index < -0.39 is 0 Å². The second-order valence-electron chi connectivity index (χ2n) is 2.90. The van der Waals surface area contributed by atoms with E-state index in [1.807, 2.05) is 0 Å². The molecule has 0 aliphatic carbocycles. The molecule has 0 aromatic heterocycles. The minimum absolute atomic E-state index is 0.0197. The molecule has 0 unspecified atom stereocenters. The zero-order valence-electron chi connectivity index (χ0n) is 6.84. The van der Waals surface area contributed by atoms with E-state index >= 15 is 0 Å². The molecule has 1 aliphatic heterocycles. The summed E-state index contributed by atoms with van der Waals surface area (Å²) in [6.07, 6.45) is 0.386. The van der Waals surface area contributed by atoms with Crippen LogP contribution in [-0.4, -0.2) is 12.4 Å². The standard InChI is InChI=1S/C9H8ClNO2/c10-6-3-5(11)4-8-9(6)7(12)1-2-13-8/h3-4H,1-2,11H2. The highest BCUT2D eigenvalue weighted by Crippen LogP contribution is 2.33. The fourth-order valence-electron chi connectivity index (χ4n) is 1.36. The fraction of sp³-hybridized carbons (Fsp3) is 0.222. The normalized spacial score (nSPS) is 15.0. The molecule has 1 aromatic carbocycles.